The van der Waals surface area contributed by atoms with E-state index in [1.165, 1.54) is 0 Å². The number of methoxy groups -OCH3 is 1. The van der Waals surface area contributed by atoms with Crippen LogP contribution in [0.4, 0.5) is 11.8 Å². The number of phenolic OH excluding ortho intramolecular Hbond substituents is 1. The summed E-state index contributed by atoms with van der Waals surface area (Å²) in [6, 6.07) is 12.2. The Hall–Kier alpha value is -3.52. The van der Waals surface area contributed by atoms with Crippen LogP contribution in [0.3, 0.4) is 0 Å². The van der Waals surface area contributed by atoms with Crippen LogP contribution in [0.15, 0.2) is 48.7 Å². The van der Waals surface area contributed by atoms with Crippen LogP contribution in [0, 0.1) is 0 Å². The summed E-state index contributed by atoms with van der Waals surface area (Å²) < 4.78 is 5.17. The number of hydrogen-bond donors (Lipinski definition) is 1. The first-order chi connectivity index (χ1) is 14.6. The van der Waals surface area contributed by atoms with Crippen molar-refractivity contribution >= 4 is 17.7 Å². The molecule has 0 aliphatic carbocycles. The molecule has 1 aliphatic heterocycles. The van der Waals surface area contributed by atoms with E-state index in [1.54, 1.807) is 54.6 Å². The third kappa shape index (κ3) is 3.81. The number of anilines is 2. The van der Waals surface area contributed by atoms with Crippen molar-refractivity contribution in [1.29, 1.82) is 0 Å². The average Bonchev–Trinajstić information content (AvgIpc) is 3.21. The van der Waals surface area contributed by atoms with Gasteiger partial charge in [0.2, 0.25) is 5.95 Å². The van der Waals surface area contributed by atoms with Crippen LogP contribution in [0.1, 0.15) is 16.1 Å². The third-order valence-electron chi connectivity index (χ3n) is 5.04. The Balaban J connectivity index is 1.81. The Bertz CT molecular complexity index is 1060. The molecule has 0 atom stereocenters. The van der Waals surface area contributed by atoms with Crippen molar-refractivity contribution in [2.75, 3.05) is 43.7 Å². The smallest absolute Gasteiger partial charge is 0.278 e. The van der Waals surface area contributed by atoms with E-state index in [9.17, 15) is 9.90 Å². The predicted molar refractivity (Wildman–Crippen MR) is 114 cm³/mol. The molecule has 1 aliphatic rings. The molecule has 0 saturated carbocycles. The molecular formula is C22H23N5O3. The molecule has 4 rings (SSSR count). The highest BCUT2D eigenvalue weighted by Crippen LogP contribution is 2.36. The van der Waals surface area contributed by atoms with Crippen molar-refractivity contribution in [3.05, 3.63) is 59.9 Å². The second-order valence-corrected chi connectivity index (χ2v) is 7.06. The van der Waals surface area contributed by atoms with E-state index in [-0.39, 0.29) is 11.7 Å². The molecule has 154 valence electrons. The van der Waals surface area contributed by atoms with Crippen molar-refractivity contribution < 1.29 is 14.6 Å². The van der Waals surface area contributed by atoms with Crippen LogP contribution in [0.5, 0.6) is 5.75 Å². The Morgan fingerprint density at radius 2 is 2.10 bits per heavy atom. The van der Waals surface area contributed by atoms with Gasteiger partial charge in [-0.3, -0.25) is 14.7 Å². The third-order valence-corrected chi connectivity index (χ3v) is 5.04. The molecule has 1 aromatic carbocycles. The van der Waals surface area contributed by atoms with Gasteiger partial charge < -0.3 is 14.7 Å². The summed E-state index contributed by atoms with van der Waals surface area (Å²) in [7, 11) is 3.52. The molecule has 3 aromatic rings. The molecule has 0 saturated heterocycles. The number of hydrogen-bond acceptors (Lipinski definition) is 7. The zero-order valence-corrected chi connectivity index (χ0v) is 16.9. The fourth-order valence-electron chi connectivity index (χ4n) is 3.46. The van der Waals surface area contributed by atoms with Gasteiger partial charge in [-0.2, -0.15) is 4.98 Å². The standard InChI is InChI=1S/C22H23N5O3/c1-26(12-13-30-2)22-24-19(15-6-5-7-16(28)14-15)17-9-11-27(20(17)25-22)21(29)18-8-3-4-10-23-18/h3-8,10,14,28H,9,11-13H2,1-2H3. The zero-order chi connectivity index (χ0) is 21.1. The number of fused-ring (bicyclic) bond motifs is 1. The van der Waals surface area contributed by atoms with Gasteiger partial charge in [-0.05, 0) is 30.7 Å². The molecule has 0 bridgehead atoms. The highest BCUT2D eigenvalue weighted by molar-refractivity contribution is 6.06. The topological polar surface area (TPSA) is 91.7 Å². The number of aromatic nitrogens is 3. The van der Waals surface area contributed by atoms with Crippen molar-refractivity contribution in [3.8, 4) is 17.0 Å². The number of benzene rings is 1. The van der Waals surface area contributed by atoms with Crippen LogP contribution < -0.4 is 9.80 Å². The minimum Gasteiger partial charge on any atom is -0.508 e. The first kappa shape index (κ1) is 19.8. The molecule has 8 nitrogen and oxygen atoms in total. The Morgan fingerprint density at radius 1 is 1.23 bits per heavy atom. The van der Waals surface area contributed by atoms with Gasteiger partial charge in [-0.1, -0.05) is 18.2 Å². The number of carbonyl (C=O) groups excluding carboxylic acids is 1. The quantitative estimate of drug-likeness (QED) is 0.674. The van der Waals surface area contributed by atoms with Crippen molar-refractivity contribution in [2.45, 2.75) is 6.42 Å². The Labute approximate surface area is 174 Å². The lowest BCUT2D eigenvalue weighted by Gasteiger charge is -2.21. The van der Waals surface area contributed by atoms with Crippen molar-refractivity contribution in [1.82, 2.24) is 15.0 Å². The van der Waals surface area contributed by atoms with Crippen LogP contribution >= 0.6 is 0 Å². The Kier molecular flexibility index (Phi) is 5.58. The fourth-order valence-corrected chi connectivity index (χ4v) is 3.46. The summed E-state index contributed by atoms with van der Waals surface area (Å²) in [6.07, 6.45) is 2.23. The summed E-state index contributed by atoms with van der Waals surface area (Å²) in [5.74, 6) is 1.04. The number of pyridine rings is 1. The monoisotopic (exact) mass is 405 g/mol. The van der Waals surface area contributed by atoms with E-state index in [0.717, 1.165) is 11.1 Å². The van der Waals surface area contributed by atoms with Crippen molar-refractivity contribution in [2.24, 2.45) is 0 Å². The van der Waals surface area contributed by atoms with Crippen LogP contribution in [-0.2, 0) is 11.2 Å². The van der Waals surface area contributed by atoms with E-state index < -0.39 is 0 Å². The van der Waals surface area contributed by atoms with Gasteiger partial charge in [0.15, 0.2) is 0 Å². The number of carbonyl (C=O) groups is 1. The number of rotatable bonds is 6. The van der Waals surface area contributed by atoms with Gasteiger partial charge in [0.1, 0.15) is 17.3 Å². The molecule has 0 unspecified atom stereocenters. The highest BCUT2D eigenvalue weighted by atomic mass is 16.5. The van der Waals surface area contributed by atoms with E-state index in [4.69, 9.17) is 14.7 Å². The van der Waals surface area contributed by atoms with E-state index >= 15 is 0 Å². The second kappa shape index (κ2) is 8.46. The van der Waals surface area contributed by atoms with Crippen LogP contribution in [0.25, 0.3) is 11.3 Å². The first-order valence-corrected chi connectivity index (χ1v) is 9.71. The molecule has 0 spiro atoms. The molecular weight excluding hydrogens is 382 g/mol. The molecule has 0 radical (unpaired) electrons. The van der Waals surface area contributed by atoms with Gasteiger partial charge >= 0.3 is 0 Å². The summed E-state index contributed by atoms with van der Waals surface area (Å²) in [5, 5.41) is 9.96. The molecule has 8 heteroatoms. The number of nitrogens with zero attached hydrogens (tertiary/aromatic N) is 5. The molecule has 3 heterocycles. The fraction of sp³-hybridized carbons (Fsp3) is 0.273. The van der Waals surface area contributed by atoms with Crippen LogP contribution in [-0.4, -0.2) is 59.8 Å². The number of likely N-dealkylation sites (N-methyl/N-ethyl adjacent to an activating group) is 1. The highest BCUT2D eigenvalue weighted by Gasteiger charge is 2.32. The van der Waals surface area contributed by atoms with Gasteiger partial charge in [0.05, 0.1) is 12.3 Å². The summed E-state index contributed by atoms with van der Waals surface area (Å²) in [6.45, 7) is 1.62. The lowest BCUT2D eigenvalue weighted by Crippen LogP contribution is -2.31. The van der Waals surface area contributed by atoms with E-state index in [2.05, 4.69) is 4.98 Å². The molecule has 1 amide bonds. The predicted octanol–water partition coefficient (Wildman–Crippen LogP) is 2.53. The van der Waals surface area contributed by atoms with Crippen molar-refractivity contribution in [3.63, 3.8) is 0 Å². The average molecular weight is 405 g/mol. The van der Waals surface area contributed by atoms with Gasteiger partial charge in [0, 0.05) is 44.6 Å². The maximum atomic E-state index is 13.1. The number of ether oxygens (including phenoxy) is 1. The number of amides is 1. The maximum absolute atomic E-state index is 13.1. The van der Waals surface area contributed by atoms with Gasteiger partial charge in [0.25, 0.3) is 5.91 Å². The molecule has 0 fully saturated rings. The maximum Gasteiger partial charge on any atom is 0.278 e. The van der Waals surface area contributed by atoms with Crippen LogP contribution in [0.2, 0.25) is 0 Å². The largest absolute Gasteiger partial charge is 0.508 e. The number of phenols is 1. The SMILES string of the molecule is COCCN(C)c1nc(-c2cccc(O)c2)c2c(n1)N(C(=O)c1ccccn1)CC2. The molecule has 2 aromatic heterocycles. The van der Waals surface area contributed by atoms with E-state index in [1.807, 2.05) is 18.0 Å². The lowest BCUT2D eigenvalue weighted by molar-refractivity contribution is 0.0984. The zero-order valence-electron chi connectivity index (χ0n) is 16.9. The number of aromatic hydroxyl groups is 1. The minimum absolute atomic E-state index is 0.161. The molecule has 1 N–H and O–H groups in total. The Morgan fingerprint density at radius 3 is 2.83 bits per heavy atom. The lowest BCUT2D eigenvalue weighted by atomic mass is 10.1. The second-order valence-electron chi connectivity index (χ2n) is 7.06. The normalized spacial score (nSPS) is 12.7. The molecule has 30 heavy (non-hydrogen) atoms. The summed E-state index contributed by atoms with van der Waals surface area (Å²) >= 11 is 0. The van der Waals surface area contributed by atoms with Gasteiger partial charge in [-0.15, -0.1) is 0 Å². The summed E-state index contributed by atoms with van der Waals surface area (Å²) in [4.78, 5) is 30.3. The summed E-state index contributed by atoms with van der Waals surface area (Å²) in [5.41, 5.74) is 2.75. The first-order valence-electron chi connectivity index (χ1n) is 9.71. The van der Waals surface area contributed by atoms with E-state index in [0.29, 0.717) is 49.3 Å². The van der Waals surface area contributed by atoms with Gasteiger partial charge in [-0.25, -0.2) is 4.98 Å². The minimum atomic E-state index is -0.194.